The van der Waals surface area contributed by atoms with Gasteiger partial charge in [-0.1, -0.05) is 19.9 Å². The molecule has 0 atom stereocenters. The molecule has 3 N–H and O–H groups in total. The molecule has 0 unspecified atom stereocenters. The van der Waals surface area contributed by atoms with Gasteiger partial charge in [-0.25, -0.2) is 17.5 Å². The maximum absolute atomic E-state index is 13.4. The van der Waals surface area contributed by atoms with E-state index >= 15 is 0 Å². The second-order valence-corrected chi connectivity index (χ2v) is 6.57. The molecule has 0 aliphatic rings. The van der Waals surface area contributed by atoms with Crippen LogP contribution in [-0.2, 0) is 10.0 Å². The summed E-state index contributed by atoms with van der Waals surface area (Å²) in [4.78, 5) is -0.0786. The number of halogens is 2. The van der Waals surface area contributed by atoms with Crippen molar-refractivity contribution in [1.82, 2.24) is 4.72 Å². The molecular weight excluding hydrogens is 303 g/mol. The highest BCUT2D eigenvalue weighted by Gasteiger charge is 2.24. The topological polar surface area (TPSA) is 72.2 Å². The van der Waals surface area contributed by atoms with Gasteiger partial charge in [0.1, 0.15) is 5.82 Å². The lowest BCUT2D eigenvalue weighted by molar-refractivity contribution is 0.391. The zero-order valence-electron chi connectivity index (χ0n) is 11.9. The molecule has 7 heteroatoms. The van der Waals surface area contributed by atoms with Crippen LogP contribution in [0.2, 0.25) is 0 Å². The van der Waals surface area contributed by atoms with Crippen molar-refractivity contribution in [3.8, 4) is 0 Å². The van der Waals surface area contributed by atoms with E-state index in [-0.39, 0.29) is 23.8 Å². The third kappa shape index (κ3) is 4.70. The summed E-state index contributed by atoms with van der Waals surface area (Å²) in [6.07, 6.45) is 1.32. The average Bonchev–Trinajstić information content (AvgIpc) is 2.39. The van der Waals surface area contributed by atoms with Crippen LogP contribution in [0.25, 0.3) is 0 Å². The minimum atomic E-state index is -3.72. The number of benzene rings is 1. The van der Waals surface area contributed by atoms with Crippen molar-refractivity contribution in [2.24, 2.45) is 5.73 Å². The summed E-state index contributed by atoms with van der Waals surface area (Å²) in [6, 6.07) is 3.85. The Hall–Kier alpha value is -0.690. The summed E-state index contributed by atoms with van der Waals surface area (Å²) in [7, 11) is -3.72. The van der Waals surface area contributed by atoms with Gasteiger partial charge >= 0.3 is 0 Å². The first-order chi connectivity index (χ1) is 8.74. The Kier molecular flexibility index (Phi) is 7.10. The lowest BCUT2D eigenvalue weighted by atomic mass is 9.95. The van der Waals surface area contributed by atoms with E-state index in [1.165, 1.54) is 12.1 Å². The van der Waals surface area contributed by atoms with Crippen LogP contribution in [0.3, 0.4) is 0 Å². The lowest BCUT2D eigenvalue weighted by Gasteiger charge is -2.26. The normalized spacial score (nSPS) is 12.1. The largest absolute Gasteiger partial charge is 0.324 e. The van der Waals surface area contributed by atoms with Crippen LogP contribution in [-0.4, -0.2) is 20.5 Å². The maximum atomic E-state index is 13.4. The molecule has 0 spiro atoms. The Morgan fingerprint density at radius 1 is 1.30 bits per heavy atom. The minimum Gasteiger partial charge on any atom is -0.324 e. The summed E-state index contributed by atoms with van der Waals surface area (Å²) in [5, 5.41) is 0. The van der Waals surface area contributed by atoms with Gasteiger partial charge in [-0.15, -0.1) is 12.4 Å². The molecule has 1 rings (SSSR count). The molecule has 0 radical (unpaired) electrons. The molecule has 0 aliphatic carbocycles. The van der Waals surface area contributed by atoms with Crippen molar-refractivity contribution >= 4 is 22.4 Å². The standard InChI is InChI=1S/C13H21FN2O2S.ClH/c1-4-13(15,5-2)9-16-19(17,18)11-7-6-10(3)12(14)8-11;/h6-8,16H,4-5,9,15H2,1-3H3;1H. The molecule has 0 amide bonds. The van der Waals surface area contributed by atoms with E-state index < -0.39 is 21.4 Å². The van der Waals surface area contributed by atoms with Crippen LogP contribution < -0.4 is 10.5 Å². The number of hydrogen-bond acceptors (Lipinski definition) is 3. The molecule has 1 aromatic carbocycles. The van der Waals surface area contributed by atoms with Crippen molar-refractivity contribution in [2.45, 2.75) is 44.0 Å². The van der Waals surface area contributed by atoms with Gasteiger partial charge in [0.05, 0.1) is 4.90 Å². The van der Waals surface area contributed by atoms with Gasteiger partial charge < -0.3 is 5.73 Å². The van der Waals surface area contributed by atoms with Crippen LogP contribution >= 0.6 is 12.4 Å². The Balaban J connectivity index is 0.00000361. The number of rotatable bonds is 6. The van der Waals surface area contributed by atoms with Gasteiger partial charge in [-0.2, -0.15) is 0 Å². The lowest BCUT2D eigenvalue weighted by Crippen LogP contribution is -2.49. The van der Waals surface area contributed by atoms with E-state index in [2.05, 4.69) is 4.72 Å². The van der Waals surface area contributed by atoms with E-state index in [4.69, 9.17) is 5.73 Å². The van der Waals surface area contributed by atoms with Gasteiger partial charge in [0.15, 0.2) is 0 Å². The third-order valence-electron chi connectivity index (χ3n) is 3.48. The fraction of sp³-hybridized carbons (Fsp3) is 0.538. The van der Waals surface area contributed by atoms with E-state index in [0.717, 1.165) is 6.07 Å². The third-order valence-corrected chi connectivity index (χ3v) is 4.88. The Bertz CT molecular complexity index is 545. The van der Waals surface area contributed by atoms with Crippen LogP contribution in [0, 0.1) is 12.7 Å². The fourth-order valence-electron chi connectivity index (χ4n) is 1.56. The van der Waals surface area contributed by atoms with Crippen LogP contribution in [0.1, 0.15) is 32.3 Å². The highest BCUT2D eigenvalue weighted by molar-refractivity contribution is 7.89. The molecule has 20 heavy (non-hydrogen) atoms. The second kappa shape index (κ2) is 7.36. The summed E-state index contributed by atoms with van der Waals surface area (Å²) in [5.74, 6) is -0.534. The molecule has 4 nitrogen and oxygen atoms in total. The smallest absolute Gasteiger partial charge is 0.240 e. The molecule has 1 aromatic rings. The molecule has 0 heterocycles. The predicted octanol–water partition coefficient (Wildman–Crippen LogP) is 2.35. The Morgan fingerprint density at radius 3 is 2.30 bits per heavy atom. The number of nitrogens with two attached hydrogens (primary N) is 1. The quantitative estimate of drug-likeness (QED) is 0.843. The molecule has 0 saturated carbocycles. The van der Waals surface area contributed by atoms with Crippen molar-refractivity contribution in [3.63, 3.8) is 0 Å². The first kappa shape index (κ1) is 19.3. The molecule has 116 valence electrons. The molecule has 0 fully saturated rings. The molecule has 0 saturated heterocycles. The van der Waals surface area contributed by atoms with Gasteiger partial charge in [0.25, 0.3) is 0 Å². The number of nitrogens with one attached hydrogen (secondary N) is 1. The number of sulfonamides is 1. The minimum absolute atomic E-state index is 0. The zero-order valence-corrected chi connectivity index (χ0v) is 13.6. The van der Waals surface area contributed by atoms with Gasteiger partial charge in [0, 0.05) is 12.1 Å². The highest BCUT2D eigenvalue weighted by Crippen LogP contribution is 2.16. The molecule has 0 bridgehead atoms. The number of hydrogen-bond donors (Lipinski definition) is 2. The summed E-state index contributed by atoms with van der Waals surface area (Å²) in [5.41, 5.74) is 5.87. The van der Waals surface area contributed by atoms with Crippen LogP contribution in [0.15, 0.2) is 23.1 Å². The predicted molar refractivity (Wildman–Crippen MR) is 81.1 cm³/mol. The first-order valence-corrected chi connectivity index (χ1v) is 7.77. The zero-order chi connectivity index (χ0) is 14.7. The van der Waals surface area contributed by atoms with E-state index in [1.807, 2.05) is 13.8 Å². The van der Waals surface area contributed by atoms with Gasteiger partial charge in [-0.05, 0) is 37.5 Å². The monoisotopic (exact) mass is 324 g/mol. The first-order valence-electron chi connectivity index (χ1n) is 6.29. The SMILES string of the molecule is CCC(N)(CC)CNS(=O)(=O)c1ccc(C)c(F)c1.Cl. The molecule has 0 aromatic heterocycles. The summed E-state index contributed by atoms with van der Waals surface area (Å²) >= 11 is 0. The highest BCUT2D eigenvalue weighted by atomic mass is 35.5. The second-order valence-electron chi connectivity index (χ2n) is 4.81. The molecule has 0 aliphatic heterocycles. The summed E-state index contributed by atoms with van der Waals surface area (Å²) < 4.78 is 39.9. The summed E-state index contributed by atoms with van der Waals surface area (Å²) in [6.45, 7) is 5.53. The van der Waals surface area contributed by atoms with Gasteiger partial charge in [0.2, 0.25) is 10.0 Å². The van der Waals surface area contributed by atoms with E-state index in [0.29, 0.717) is 18.4 Å². The van der Waals surface area contributed by atoms with Crippen molar-refractivity contribution in [1.29, 1.82) is 0 Å². The van der Waals surface area contributed by atoms with Crippen molar-refractivity contribution in [3.05, 3.63) is 29.6 Å². The van der Waals surface area contributed by atoms with E-state index in [9.17, 15) is 12.8 Å². The van der Waals surface area contributed by atoms with Crippen LogP contribution in [0.4, 0.5) is 4.39 Å². The van der Waals surface area contributed by atoms with E-state index in [1.54, 1.807) is 6.92 Å². The average molecular weight is 325 g/mol. The number of aryl methyl sites for hydroxylation is 1. The fourth-order valence-corrected chi connectivity index (χ4v) is 2.71. The Labute approximate surface area is 126 Å². The van der Waals surface area contributed by atoms with Crippen LogP contribution in [0.5, 0.6) is 0 Å². The van der Waals surface area contributed by atoms with Crippen molar-refractivity contribution < 1.29 is 12.8 Å². The van der Waals surface area contributed by atoms with Gasteiger partial charge in [-0.3, -0.25) is 0 Å². The van der Waals surface area contributed by atoms with Crippen molar-refractivity contribution in [2.75, 3.05) is 6.54 Å². The molecular formula is C13H22ClFN2O2S. The maximum Gasteiger partial charge on any atom is 0.240 e. The Morgan fingerprint density at radius 2 is 1.85 bits per heavy atom.